The number of nitrogens with two attached hydrogens (primary N) is 1. The Kier molecular flexibility index (Phi) is 4.15. The highest BCUT2D eigenvalue weighted by Crippen LogP contribution is 1.98. The van der Waals surface area contributed by atoms with Gasteiger partial charge in [-0.05, 0) is 5.56 Å². The minimum atomic E-state index is -0.0481. The second kappa shape index (κ2) is 5.45. The summed E-state index contributed by atoms with van der Waals surface area (Å²) in [7, 11) is 0. The van der Waals surface area contributed by atoms with Crippen LogP contribution in [0.4, 0.5) is 0 Å². The molecule has 0 heterocycles. The molecule has 0 aliphatic carbocycles. The van der Waals surface area contributed by atoms with Crippen LogP contribution in [0.3, 0.4) is 0 Å². The van der Waals surface area contributed by atoms with E-state index < -0.39 is 0 Å². The maximum Gasteiger partial charge on any atom is 0.339 e. The van der Waals surface area contributed by atoms with Crippen molar-refractivity contribution in [2.24, 2.45) is 0 Å². The minimum Gasteiger partial charge on any atom is -0.228 e. The lowest BCUT2D eigenvalue weighted by molar-refractivity contribution is -0.826. The van der Waals surface area contributed by atoms with Crippen molar-refractivity contribution < 1.29 is 15.1 Å². The van der Waals surface area contributed by atoms with Crippen LogP contribution in [-0.4, -0.2) is 12.5 Å². The van der Waals surface area contributed by atoms with E-state index in [1.807, 2.05) is 30.3 Å². The van der Waals surface area contributed by atoms with Crippen LogP contribution in [0.5, 0.6) is 0 Å². The van der Waals surface area contributed by atoms with Gasteiger partial charge in [0.05, 0.1) is 6.92 Å². The lowest BCUT2D eigenvalue weighted by Gasteiger charge is -1.98. The van der Waals surface area contributed by atoms with Crippen molar-refractivity contribution in [3.8, 4) is 0 Å². The number of quaternary nitrogens is 1. The molecule has 13 heavy (non-hydrogen) atoms. The van der Waals surface area contributed by atoms with Gasteiger partial charge in [0.2, 0.25) is 0 Å². The van der Waals surface area contributed by atoms with Crippen LogP contribution >= 0.6 is 0 Å². The van der Waals surface area contributed by atoms with Crippen LogP contribution in [-0.2, 0) is 16.1 Å². The summed E-state index contributed by atoms with van der Waals surface area (Å²) in [5.41, 5.74) is 2.47. The van der Waals surface area contributed by atoms with Gasteiger partial charge >= 0.3 is 5.91 Å². The van der Waals surface area contributed by atoms with Crippen LogP contribution in [0.25, 0.3) is 0 Å². The Bertz CT molecular complexity index is 259. The van der Waals surface area contributed by atoms with Crippen LogP contribution in [0, 0.1) is 0 Å². The lowest BCUT2D eigenvalue weighted by atomic mass is 10.2. The Balaban J connectivity index is 2.17. The summed E-state index contributed by atoms with van der Waals surface area (Å²) in [6.07, 6.45) is 0.838. The van der Waals surface area contributed by atoms with Crippen LogP contribution in [0.2, 0.25) is 0 Å². The molecule has 1 rings (SSSR count). The van der Waals surface area contributed by atoms with Gasteiger partial charge in [-0.3, -0.25) is 0 Å². The maximum absolute atomic E-state index is 10.5. The number of benzene rings is 1. The van der Waals surface area contributed by atoms with Crippen molar-refractivity contribution in [2.75, 3.05) is 6.61 Å². The molecule has 0 aromatic heterocycles. The SMILES string of the molecule is CC(=O)[NH2+]OCCc1ccccc1. The molecule has 1 aromatic carbocycles. The molecule has 0 unspecified atom stereocenters. The van der Waals surface area contributed by atoms with Gasteiger partial charge in [-0.25, -0.2) is 4.79 Å². The fourth-order valence-electron chi connectivity index (χ4n) is 0.998. The van der Waals surface area contributed by atoms with Crippen molar-refractivity contribution in [3.63, 3.8) is 0 Å². The molecule has 2 N–H and O–H groups in total. The molecule has 70 valence electrons. The molecule has 0 saturated heterocycles. The second-order valence-electron chi connectivity index (χ2n) is 2.83. The molecule has 0 aliphatic heterocycles. The van der Waals surface area contributed by atoms with Gasteiger partial charge in [-0.15, -0.1) is 5.48 Å². The molecule has 0 bridgehead atoms. The van der Waals surface area contributed by atoms with Gasteiger partial charge in [0, 0.05) is 6.42 Å². The number of hydroxylamine groups is 1. The smallest absolute Gasteiger partial charge is 0.228 e. The molecule has 3 heteroatoms. The van der Waals surface area contributed by atoms with Crippen molar-refractivity contribution in [1.29, 1.82) is 0 Å². The van der Waals surface area contributed by atoms with Crippen molar-refractivity contribution >= 4 is 5.91 Å². The first kappa shape index (κ1) is 9.89. The Morgan fingerprint density at radius 3 is 2.69 bits per heavy atom. The number of carbonyl (C=O) groups excluding carboxylic acids is 1. The molecule has 0 atom stereocenters. The molecular weight excluding hydrogens is 166 g/mol. The average molecular weight is 180 g/mol. The van der Waals surface area contributed by atoms with E-state index in [-0.39, 0.29) is 5.91 Å². The zero-order valence-corrected chi connectivity index (χ0v) is 7.69. The third kappa shape index (κ3) is 4.40. The molecule has 0 saturated carbocycles. The molecule has 0 spiro atoms. The number of primary amides is 1. The Morgan fingerprint density at radius 2 is 2.08 bits per heavy atom. The van der Waals surface area contributed by atoms with Gasteiger partial charge in [-0.2, -0.15) is 4.84 Å². The number of rotatable bonds is 4. The average Bonchev–Trinajstić information content (AvgIpc) is 2.14. The minimum absolute atomic E-state index is 0.0481. The van der Waals surface area contributed by atoms with Crippen molar-refractivity contribution in [1.82, 2.24) is 0 Å². The lowest BCUT2D eigenvalue weighted by Crippen LogP contribution is -2.86. The first-order chi connectivity index (χ1) is 6.29. The quantitative estimate of drug-likeness (QED) is 0.534. The summed E-state index contributed by atoms with van der Waals surface area (Å²) in [4.78, 5) is 15.5. The second-order valence-corrected chi connectivity index (χ2v) is 2.83. The van der Waals surface area contributed by atoms with E-state index in [1.165, 1.54) is 18.0 Å². The molecule has 0 aliphatic rings. The summed E-state index contributed by atoms with van der Waals surface area (Å²) in [6, 6.07) is 10.0. The van der Waals surface area contributed by atoms with Gasteiger partial charge in [0.25, 0.3) is 0 Å². The van der Waals surface area contributed by atoms with E-state index in [4.69, 9.17) is 4.84 Å². The first-order valence-corrected chi connectivity index (χ1v) is 4.28. The zero-order chi connectivity index (χ0) is 9.52. The predicted molar refractivity (Wildman–Crippen MR) is 48.7 cm³/mol. The maximum atomic E-state index is 10.5. The summed E-state index contributed by atoms with van der Waals surface area (Å²) in [5, 5.41) is 0. The Hall–Kier alpha value is -1.19. The standard InChI is InChI=1S/C10H13NO2/c1-9(12)11-13-8-7-10-5-3-2-4-6-10/h2-6H,7-8H2,1H3,(H,11,12)/p+1. The zero-order valence-electron chi connectivity index (χ0n) is 7.69. The number of hydrogen-bond donors (Lipinski definition) is 1. The van der Waals surface area contributed by atoms with E-state index in [1.54, 1.807) is 0 Å². The normalized spacial score (nSPS) is 9.92. The number of amides is 1. The molecular formula is C10H14NO2+. The Labute approximate surface area is 77.7 Å². The fraction of sp³-hybridized carbons (Fsp3) is 0.300. The largest absolute Gasteiger partial charge is 0.339 e. The van der Waals surface area contributed by atoms with E-state index in [2.05, 4.69) is 0 Å². The molecule has 0 radical (unpaired) electrons. The molecule has 1 aromatic rings. The summed E-state index contributed by atoms with van der Waals surface area (Å²) in [6.45, 7) is 2.03. The first-order valence-electron chi connectivity index (χ1n) is 4.28. The van der Waals surface area contributed by atoms with Crippen molar-refractivity contribution in [2.45, 2.75) is 13.3 Å². The summed E-state index contributed by atoms with van der Waals surface area (Å²) < 4.78 is 0. The highest BCUT2D eigenvalue weighted by molar-refractivity contribution is 5.61. The van der Waals surface area contributed by atoms with Crippen LogP contribution in [0.15, 0.2) is 30.3 Å². The van der Waals surface area contributed by atoms with Gasteiger partial charge < -0.3 is 0 Å². The van der Waals surface area contributed by atoms with Gasteiger partial charge in [-0.1, -0.05) is 30.3 Å². The highest BCUT2D eigenvalue weighted by Gasteiger charge is 1.97. The number of hydrogen-bond acceptors (Lipinski definition) is 2. The number of carbonyl (C=O) groups is 1. The van der Waals surface area contributed by atoms with E-state index in [0.717, 1.165) is 6.42 Å². The Morgan fingerprint density at radius 1 is 1.38 bits per heavy atom. The molecule has 3 nitrogen and oxygen atoms in total. The van der Waals surface area contributed by atoms with E-state index in [9.17, 15) is 4.79 Å². The topological polar surface area (TPSA) is 42.9 Å². The highest BCUT2D eigenvalue weighted by atomic mass is 16.6. The summed E-state index contributed by atoms with van der Waals surface area (Å²) in [5.74, 6) is -0.0481. The third-order valence-electron chi connectivity index (χ3n) is 1.60. The van der Waals surface area contributed by atoms with Gasteiger partial charge in [0.1, 0.15) is 6.61 Å². The van der Waals surface area contributed by atoms with Crippen LogP contribution in [0.1, 0.15) is 12.5 Å². The van der Waals surface area contributed by atoms with Crippen LogP contribution < -0.4 is 5.48 Å². The monoisotopic (exact) mass is 180 g/mol. The van der Waals surface area contributed by atoms with Crippen molar-refractivity contribution in [3.05, 3.63) is 35.9 Å². The molecule has 0 fully saturated rings. The van der Waals surface area contributed by atoms with Gasteiger partial charge in [0.15, 0.2) is 0 Å². The fourth-order valence-corrected chi connectivity index (χ4v) is 0.998. The predicted octanol–water partition coefficient (Wildman–Crippen LogP) is 0.271. The summed E-state index contributed by atoms with van der Waals surface area (Å²) >= 11 is 0. The van der Waals surface area contributed by atoms with E-state index in [0.29, 0.717) is 6.61 Å². The van der Waals surface area contributed by atoms with E-state index >= 15 is 0 Å². The molecule has 1 amide bonds. The third-order valence-corrected chi connectivity index (χ3v) is 1.60.